The van der Waals surface area contributed by atoms with Crippen molar-refractivity contribution in [3.63, 3.8) is 0 Å². The van der Waals surface area contributed by atoms with E-state index in [1.807, 2.05) is 0 Å². The Morgan fingerprint density at radius 1 is 1.33 bits per heavy atom. The van der Waals surface area contributed by atoms with Crippen molar-refractivity contribution in [3.05, 3.63) is 40.9 Å². The quantitative estimate of drug-likeness (QED) is 0.830. The van der Waals surface area contributed by atoms with Gasteiger partial charge in [0.15, 0.2) is 4.34 Å². The summed E-state index contributed by atoms with van der Waals surface area (Å²) in [6, 6.07) is 5.19. The van der Waals surface area contributed by atoms with Gasteiger partial charge in [-0.25, -0.2) is 4.98 Å². The van der Waals surface area contributed by atoms with Crippen molar-refractivity contribution in [3.8, 4) is 6.07 Å². The Morgan fingerprint density at radius 2 is 2.11 bits per heavy atom. The van der Waals surface area contributed by atoms with Crippen molar-refractivity contribution >= 4 is 23.1 Å². The molecular weight excluding hydrogens is 281 g/mol. The van der Waals surface area contributed by atoms with Gasteiger partial charge in [-0.1, -0.05) is 11.8 Å². The van der Waals surface area contributed by atoms with E-state index in [2.05, 4.69) is 4.98 Å². The Kier molecular flexibility index (Phi) is 3.59. The van der Waals surface area contributed by atoms with Gasteiger partial charge in [-0.05, 0) is 18.2 Å². The molecule has 7 heteroatoms. The lowest BCUT2D eigenvalue weighted by atomic mass is 10.1. The monoisotopic (exact) mass is 286 g/mol. The normalized spacial score (nSPS) is 11.2. The van der Waals surface area contributed by atoms with E-state index in [1.54, 1.807) is 17.6 Å². The SMILES string of the molecule is N#Cc1ccc(Sc2nccs2)cc1C(F)(F)F. The lowest BCUT2D eigenvalue weighted by Gasteiger charge is -2.09. The summed E-state index contributed by atoms with van der Waals surface area (Å²) < 4.78 is 38.8. The van der Waals surface area contributed by atoms with Crippen LogP contribution in [0.1, 0.15) is 11.1 Å². The molecule has 2 aromatic rings. The first-order valence-electron chi connectivity index (χ1n) is 4.69. The minimum Gasteiger partial charge on any atom is -0.238 e. The van der Waals surface area contributed by atoms with Crippen LogP contribution in [0.15, 0.2) is 39.0 Å². The zero-order valence-electron chi connectivity index (χ0n) is 8.73. The smallest absolute Gasteiger partial charge is 0.238 e. The first-order chi connectivity index (χ1) is 8.50. The average molecular weight is 286 g/mol. The summed E-state index contributed by atoms with van der Waals surface area (Å²) in [5.41, 5.74) is -1.28. The van der Waals surface area contributed by atoms with E-state index in [0.717, 1.165) is 17.8 Å². The first-order valence-corrected chi connectivity index (χ1v) is 6.39. The van der Waals surface area contributed by atoms with Crippen molar-refractivity contribution in [2.45, 2.75) is 15.4 Å². The number of benzene rings is 1. The zero-order chi connectivity index (χ0) is 13.2. The maximum atomic E-state index is 12.7. The predicted molar refractivity (Wildman–Crippen MR) is 62.4 cm³/mol. The van der Waals surface area contributed by atoms with E-state index in [4.69, 9.17) is 5.26 Å². The number of thiazole rings is 1. The van der Waals surface area contributed by atoms with Crippen LogP contribution < -0.4 is 0 Å². The topological polar surface area (TPSA) is 36.7 Å². The van der Waals surface area contributed by atoms with E-state index < -0.39 is 11.7 Å². The molecule has 1 aromatic heterocycles. The molecule has 0 saturated heterocycles. The Morgan fingerprint density at radius 3 is 2.67 bits per heavy atom. The van der Waals surface area contributed by atoms with Gasteiger partial charge in [-0.2, -0.15) is 18.4 Å². The summed E-state index contributed by atoms with van der Waals surface area (Å²) in [5, 5.41) is 10.4. The molecule has 0 fully saturated rings. The average Bonchev–Trinajstić information content (AvgIpc) is 2.80. The minimum absolute atomic E-state index is 0.369. The molecule has 0 N–H and O–H groups in total. The van der Waals surface area contributed by atoms with Crippen LogP contribution in [0.3, 0.4) is 0 Å². The van der Waals surface area contributed by atoms with Crippen molar-refractivity contribution in [2.75, 3.05) is 0 Å². The molecular formula is C11H5F3N2S2. The first kappa shape index (κ1) is 12.9. The molecule has 0 aliphatic carbocycles. The number of rotatable bonds is 2. The van der Waals surface area contributed by atoms with E-state index in [9.17, 15) is 13.2 Å². The molecule has 1 heterocycles. The summed E-state index contributed by atoms with van der Waals surface area (Å²) in [7, 11) is 0. The molecule has 0 spiro atoms. The third kappa shape index (κ3) is 2.83. The fraction of sp³-hybridized carbons (Fsp3) is 0.0909. The number of hydrogen-bond acceptors (Lipinski definition) is 4. The van der Waals surface area contributed by atoms with Crippen LogP contribution in [-0.2, 0) is 6.18 Å². The molecule has 0 unspecified atom stereocenters. The second kappa shape index (κ2) is 5.00. The third-order valence-electron chi connectivity index (χ3n) is 2.03. The maximum Gasteiger partial charge on any atom is 0.417 e. The number of aromatic nitrogens is 1. The molecule has 0 aliphatic rings. The van der Waals surface area contributed by atoms with Crippen LogP contribution in [-0.4, -0.2) is 4.98 Å². The molecule has 0 bridgehead atoms. The number of nitrogens with zero attached hydrogens (tertiary/aromatic N) is 2. The second-order valence-corrected chi connectivity index (χ2v) is 5.43. The summed E-state index contributed by atoms with van der Waals surface area (Å²) in [5.74, 6) is 0. The van der Waals surface area contributed by atoms with Crippen molar-refractivity contribution in [2.24, 2.45) is 0 Å². The van der Waals surface area contributed by atoms with E-state index in [0.29, 0.717) is 9.24 Å². The molecule has 92 valence electrons. The Balaban J connectivity index is 2.38. The molecule has 18 heavy (non-hydrogen) atoms. The van der Waals surface area contributed by atoms with Gasteiger partial charge in [0, 0.05) is 16.5 Å². The minimum atomic E-state index is -4.52. The van der Waals surface area contributed by atoms with E-state index >= 15 is 0 Å². The van der Waals surface area contributed by atoms with Gasteiger partial charge in [0.25, 0.3) is 0 Å². The van der Waals surface area contributed by atoms with Crippen LogP contribution in [0.4, 0.5) is 13.2 Å². The fourth-order valence-corrected chi connectivity index (χ4v) is 2.92. The summed E-state index contributed by atoms with van der Waals surface area (Å²) in [6.07, 6.45) is -2.94. The van der Waals surface area contributed by atoms with Crippen molar-refractivity contribution in [1.82, 2.24) is 4.98 Å². The summed E-state index contributed by atoms with van der Waals surface area (Å²) in [6.45, 7) is 0. The van der Waals surface area contributed by atoms with Crippen LogP contribution >= 0.6 is 23.1 Å². The van der Waals surface area contributed by atoms with Crippen molar-refractivity contribution < 1.29 is 13.2 Å². The Labute approximate surface area is 109 Å². The van der Waals surface area contributed by atoms with Crippen LogP contribution in [0.25, 0.3) is 0 Å². The number of halogens is 3. The van der Waals surface area contributed by atoms with Crippen LogP contribution in [0.2, 0.25) is 0 Å². The van der Waals surface area contributed by atoms with Gasteiger partial charge in [0.05, 0.1) is 17.2 Å². The highest BCUT2D eigenvalue weighted by Crippen LogP contribution is 2.36. The maximum absolute atomic E-state index is 12.7. The molecule has 0 aliphatic heterocycles. The van der Waals surface area contributed by atoms with Crippen LogP contribution in [0, 0.1) is 11.3 Å². The predicted octanol–water partition coefficient (Wildman–Crippen LogP) is 4.18. The van der Waals surface area contributed by atoms with Gasteiger partial charge in [0.2, 0.25) is 0 Å². The van der Waals surface area contributed by atoms with Gasteiger partial charge >= 0.3 is 6.18 Å². The number of alkyl halides is 3. The fourth-order valence-electron chi connectivity index (χ4n) is 1.28. The highest BCUT2D eigenvalue weighted by molar-refractivity contribution is 8.01. The second-order valence-electron chi connectivity index (χ2n) is 3.22. The van der Waals surface area contributed by atoms with E-state index in [1.165, 1.54) is 23.5 Å². The van der Waals surface area contributed by atoms with Gasteiger partial charge in [-0.15, -0.1) is 11.3 Å². The lowest BCUT2D eigenvalue weighted by molar-refractivity contribution is -0.137. The Hall–Kier alpha value is -1.52. The summed E-state index contributed by atoms with van der Waals surface area (Å²) in [4.78, 5) is 4.39. The Bertz CT molecular complexity index is 585. The molecule has 2 rings (SSSR count). The highest BCUT2D eigenvalue weighted by Gasteiger charge is 2.33. The molecule has 2 nitrogen and oxygen atoms in total. The number of hydrogen-bond donors (Lipinski definition) is 0. The molecule has 0 amide bonds. The molecule has 0 radical (unpaired) electrons. The molecule has 0 saturated carbocycles. The van der Waals surface area contributed by atoms with Crippen molar-refractivity contribution in [1.29, 1.82) is 5.26 Å². The molecule has 1 aromatic carbocycles. The summed E-state index contributed by atoms with van der Waals surface area (Å²) >= 11 is 2.49. The standard InChI is InChI=1S/C11H5F3N2S2/c12-11(13,14)9-5-8(2-1-7(9)6-15)18-10-16-3-4-17-10/h1-5H. The largest absolute Gasteiger partial charge is 0.417 e. The third-order valence-corrected chi connectivity index (χ3v) is 3.90. The van der Waals surface area contributed by atoms with Gasteiger partial charge in [0.1, 0.15) is 0 Å². The lowest BCUT2D eigenvalue weighted by Crippen LogP contribution is -2.07. The highest BCUT2D eigenvalue weighted by atomic mass is 32.2. The van der Waals surface area contributed by atoms with Gasteiger partial charge < -0.3 is 0 Å². The zero-order valence-corrected chi connectivity index (χ0v) is 10.4. The van der Waals surface area contributed by atoms with Gasteiger partial charge in [-0.3, -0.25) is 0 Å². The number of nitriles is 1. The van der Waals surface area contributed by atoms with Crippen LogP contribution in [0.5, 0.6) is 0 Å². The molecule has 0 atom stereocenters. The van der Waals surface area contributed by atoms with E-state index in [-0.39, 0.29) is 5.56 Å².